The fraction of sp³-hybridized carbons (Fsp3) is 0.545. The van der Waals surface area contributed by atoms with E-state index >= 15 is 0 Å². The first-order valence-electron chi connectivity index (χ1n) is 5.52. The van der Waals surface area contributed by atoms with Gasteiger partial charge in [-0.05, 0) is 34.2 Å². The second-order valence-electron chi connectivity index (χ2n) is 4.42. The van der Waals surface area contributed by atoms with Crippen molar-refractivity contribution in [2.24, 2.45) is 5.41 Å². The highest BCUT2D eigenvalue weighted by atomic mass is 79.9. The van der Waals surface area contributed by atoms with E-state index < -0.39 is 0 Å². The third-order valence-electron chi connectivity index (χ3n) is 3.00. The van der Waals surface area contributed by atoms with E-state index in [2.05, 4.69) is 25.9 Å². The molecule has 1 aliphatic rings. The van der Waals surface area contributed by atoms with E-state index in [1.54, 1.807) is 11.8 Å². The predicted molar refractivity (Wildman–Crippen MR) is 73.2 cm³/mol. The number of nitrogen functional groups attached to an aromatic ring is 1. The molecule has 98 valence electrons. The van der Waals surface area contributed by atoms with Gasteiger partial charge in [0.15, 0.2) is 0 Å². The molecular weight excluding hydrogens is 318 g/mol. The van der Waals surface area contributed by atoms with Crippen LogP contribution in [0.2, 0.25) is 0 Å². The summed E-state index contributed by atoms with van der Waals surface area (Å²) in [5.74, 6) is 1.14. The average molecular weight is 332 g/mol. The van der Waals surface area contributed by atoms with Crippen molar-refractivity contribution in [1.29, 1.82) is 0 Å². The zero-order valence-electron chi connectivity index (χ0n) is 9.98. The number of halogens is 1. The molecule has 1 aromatic rings. The fourth-order valence-electron chi connectivity index (χ4n) is 1.62. The number of hydrogen-bond acceptors (Lipinski definition) is 6. The topological polar surface area (TPSA) is 78.1 Å². The summed E-state index contributed by atoms with van der Waals surface area (Å²) in [4.78, 5) is 19.4. The summed E-state index contributed by atoms with van der Waals surface area (Å²) in [7, 11) is 1.42. The lowest BCUT2D eigenvalue weighted by molar-refractivity contribution is -0.141. The van der Waals surface area contributed by atoms with Crippen molar-refractivity contribution in [3.8, 4) is 0 Å². The number of nitrogens with two attached hydrogens (primary N) is 1. The van der Waals surface area contributed by atoms with Crippen LogP contribution in [-0.2, 0) is 9.53 Å². The molecule has 0 bridgehead atoms. The summed E-state index contributed by atoms with van der Waals surface area (Å²) in [6.07, 6.45) is 4.05. The van der Waals surface area contributed by atoms with Crippen LogP contribution in [-0.4, -0.2) is 28.8 Å². The van der Waals surface area contributed by atoms with Crippen LogP contribution < -0.4 is 5.73 Å². The smallest absolute Gasteiger partial charge is 0.306 e. The SMILES string of the molecule is COC(=O)CC1(CSc2ncnc(N)c2Br)CC1. The number of hydrogen-bond donors (Lipinski definition) is 1. The van der Waals surface area contributed by atoms with Gasteiger partial charge in [0.05, 0.1) is 18.0 Å². The quantitative estimate of drug-likeness (QED) is 0.506. The Morgan fingerprint density at radius 2 is 2.33 bits per heavy atom. The van der Waals surface area contributed by atoms with Crippen LogP contribution >= 0.6 is 27.7 Å². The highest BCUT2D eigenvalue weighted by Gasteiger charge is 2.44. The molecule has 1 fully saturated rings. The molecule has 1 heterocycles. The van der Waals surface area contributed by atoms with Crippen LogP contribution in [0.25, 0.3) is 0 Å². The van der Waals surface area contributed by atoms with Crippen molar-refractivity contribution in [3.63, 3.8) is 0 Å². The molecule has 0 aliphatic heterocycles. The van der Waals surface area contributed by atoms with E-state index in [-0.39, 0.29) is 11.4 Å². The van der Waals surface area contributed by atoms with Crippen LogP contribution in [0.4, 0.5) is 5.82 Å². The third kappa shape index (κ3) is 3.14. The minimum atomic E-state index is -0.144. The maximum atomic E-state index is 11.3. The number of nitrogens with zero attached hydrogens (tertiary/aromatic N) is 2. The number of aromatic nitrogens is 2. The number of carbonyl (C=O) groups excluding carboxylic acids is 1. The first-order valence-corrected chi connectivity index (χ1v) is 7.30. The molecule has 0 saturated heterocycles. The molecule has 2 rings (SSSR count). The number of methoxy groups -OCH3 is 1. The Labute approximate surface area is 118 Å². The molecule has 2 N–H and O–H groups in total. The van der Waals surface area contributed by atoms with Gasteiger partial charge < -0.3 is 10.5 Å². The summed E-state index contributed by atoms with van der Waals surface area (Å²) in [6.45, 7) is 0. The molecule has 5 nitrogen and oxygen atoms in total. The molecule has 1 aromatic heterocycles. The number of carbonyl (C=O) groups is 1. The van der Waals surface area contributed by atoms with Gasteiger partial charge in [-0.15, -0.1) is 11.8 Å². The fourth-order valence-corrected chi connectivity index (χ4v) is 3.35. The largest absolute Gasteiger partial charge is 0.469 e. The first-order chi connectivity index (χ1) is 8.56. The van der Waals surface area contributed by atoms with Gasteiger partial charge in [0.2, 0.25) is 0 Å². The van der Waals surface area contributed by atoms with Gasteiger partial charge in [-0.1, -0.05) is 0 Å². The molecule has 1 saturated carbocycles. The lowest BCUT2D eigenvalue weighted by Crippen LogP contribution is -2.13. The molecule has 0 amide bonds. The number of thioether (sulfide) groups is 1. The van der Waals surface area contributed by atoms with Gasteiger partial charge in [0.25, 0.3) is 0 Å². The Balaban J connectivity index is 1.95. The maximum Gasteiger partial charge on any atom is 0.306 e. The molecule has 0 unspecified atom stereocenters. The van der Waals surface area contributed by atoms with Crippen LogP contribution in [0.15, 0.2) is 15.8 Å². The number of rotatable bonds is 5. The third-order valence-corrected chi connectivity index (χ3v) is 5.39. The molecule has 1 aliphatic carbocycles. The molecular formula is C11H14BrN3O2S. The van der Waals surface area contributed by atoms with Crippen LogP contribution in [0.1, 0.15) is 19.3 Å². The second-order valence-corrected chi connectivity index (χ2v) is 6.18. The van der Waals surface area contributed by atoms with Gasteiger partial charge in [-0.25, -0.2) is 9.97 Å². The summed E-state index contributed by atoms with van der Waals surface area (Å²) in [6, 6.07) is 0. The van der Waals surface area contributed by atoms with E-state index in [0.29, 0.717) is 12.2 Å². The number of anilines is 1. The second kappa shape index (κ2) is 5.44. The van der Waals surface area contributed by atoms with E-state index in [0.717, 1.165) is 28.1 Å². The summed E-state index contributed by atoms with van der Waals surface area (Å²) >= 11 is 4.97. The monoisotopic (exact) mass is 331 g/mol. The summed E-state index contributed by atoms with van der Waals surface area (Å²) < 4.78 is 5.44. The lowest BCUT2D eigenvalue weighted by Gasteiger charge is -2.13. The highest BCUT2D eigenvalue weighted by molar-refractivity contribution is 9.10. The van der Waals surface area contributed by atoms with Gasteiger partial charge in [0.1, 0.15) is 17.2 Å². The minimum Gasteiger partial charge on any atom is -0.469 e. The Morgan fingerprint density at radius 3 is 2.94 bits per heavy atom. The Bertz CT molecular complexity index is 466. The minimum absolute atomic E-state index is 0.0803. The molecule has 0 radical (unpaired) electrons. The number of esters is 1. The van der Waals surface area contributed by atoms with E-state index in [1.165, 1.54) is 13.4 Å². The van der Waals surface area contributed by atoms with Gasteiger partial charge in [0, 0.05) is 5.75 Å². The normalized spacial score (nSPS) is 16.3. The van der Waals surface area contributed by atoms with Crippen molar-refractivity contribution >= 4 is 39.5 Å². The van der Waals surface area contributed by atoms with Crippen LogP contribution in [0.3, 0.4) is 0 Å². The Morgan fingerprint density at radius 1 is 1.61 bits per heavy atom. The van der Waals surface area contributed by atoms with Gasteiger partial charge in [-0.3, -0.25) is 4.79 Å². The summed E-state index contributed by atoms with van der Waals surface area (Å²) in [5.41, 5.74) is 5.77. The van der Waals surface area contributed by atoms with E-state index in [9.17, 15) is 4.79 Å². The highest BCUT2D eigenvalue weighted by Crippen LogP contribution is 2.52. The predicted octanol–water partition coefficient (Wildman–Crippen LogP) is 2.26. The van der Waals surface area contributed by atoms with E-state index in [1.807, 2.05) is 0 Å². The number of ether oxygens (including phenoxy) is 1. The van der Waals surface area contributed by atoms with Crippen molar-refractivity contribution in [1.82, 2.24) is 9.97 Å². The van der Waals surface area contributed by atoms with E-state index in [4.69, 9.17) is 10.5 Å². The Hall–Kier alpha value is -0.820. The molecule has 7 heteroatoms. The van der Waals surface area contributed by atoms with Gasteiger partial charge in [-0.2, -0.15) is 0 Å². The van der Waals surface area contributed by atoms with Crippen LogP contribution in [0.5, 0.6) is 0 Å². The average Bonchev–Trinajstić information content (AvgIpc) is 3.11. The zero-order chi connectivity index (χ0) is 13.2. The van der Waals surface area contributed by atoms with Gasteiger partial charge >= 0.3 is 5.97 Å². The van der Waals surface area contributed by atoms with Crippen molar-refractivity contribution in [3.05, 3.63) is 10.8 Å². The van der Waals surface area contributed by atoms with Crippen LogP contribution in [0, 0.1) is 5.41 Å². The van der Waals surface area contributed by atoms with Crippen molar-refractivity contribution < 1.29 is 9.53 Å². The maximum absolute atomic E-state index is 11.3. The molecule has 18 heavy (non-hydrogen) atoms. The van der Waals surface area contributed by atoms with Crippen molar-refractivity contribution in [2.45, 2.75) is 24.3 Å². The molecule has 0 atom stereocenters. The molecule has 0 spiro atoms. The summed E-state index contributed by atoms with van der Waals surface area (Å²) in [5, 5.41) is 0.818. The Kier molecular flexibility index (Phi) is 4.11. The van der Waals surface area contributed by atoms with Crippen molar-refractivity contribution in [2.75, 3.05) is 18.6 Å². The molecule has 0 aromatic carbocycles. The first kappa shape index (κ1) is 13.6. The standard InChI is InChI=1S/C11H14BrN3O2S/c1-17-7(16)4-11(2-3-11)5-18-10-8(12)9(13)14-6-15-10/h6H,2-5H2,1H3,(H2,13,14,15). The lowest BCUT2D eigenvalue weighted by atomic mass is 10.1. The zero-order valence-corrected chi connectivity index (χ0v) is 12.4.